The number of methoxy groups -OCH3 is 2. The number of pyridine rings is 1. The molecule has 2 aromatic heterocycles. The predicted molar refractivity (Wildman–Crippen MR) is 131 cm³/mol. The summed E-state index contributed by atoms with van der Waals surface area (Å²) in [6.07, 6.45) is 3.75. The van der Waals surface area contributed by atoms with Gasteiger partial charge in [0.05, 0.1) is 31.4 Å². The third-order valence-corrected chi connectivity index (χ3v) is 5.44. The Hall–Kier alpha value is -4.47. The Kier molecular flexibility index (Phi) is 7.74. The molecular weight excluding hydrogens is 467 g/mol. The van der Waals surface area contributed by atoms with E-state index in [0.717, 1.165) is 5.56 Å². The van der Waals surface area contributed by atoms with Gasteiger partial charge in [0, 0.05) is 43.9 Å². The maximum absolute atomic E-state index is 13.3. The lowest BCUT2D eigenvalue weighted by molar-refractivity contribution is -0.121. The highest BCUT2D eigenvalue weighted by Crippen LogP contribution is 2.29. The first-order valence-electron chi connectivity index (χ1n) is 11.2. The van der Waals surface area contributed by atoms with Crippen LogP contribution < -0.4 is 25.1 Å². The van der Waals surface area contributed by atoms with Gasteiger partial charge < -0.3 is 19.5 Å². The molecule has 0 aliphatic rings. The van der Waals surface area contributed by atoms with Crippen molar-refractivity contribution in [2.45, 2.75) is 25.9 Å². The molecule has 0 saturated heterocycles. The van der Waals surface area contributed by atoms with Gasteiger partial charge in [0.25, 0.3) is 5.56 Å². The van der Waals surface area contributed by atoms with E-state index in [1.807, 2.05) is 0 Å². The molecule has 10 heteroatoms. The average Bonchev–Trinajstić information content (AvgIpc) is 2.89. The summed E-state index contributed by atoms with van der Waals surface area (Å²) in [4.78, 5) is 33.6. The van der Waals surface area contributed by atoms with Crippen LogP contribution in [0.1, 0.15) is 18.4 Å². The minimum Gasteiger partial charge on any atom is -0.493 e. The van der Waals surface area contributed by atoms with Crippen molar-refractivity contribution in [3.8, 4) is 23.1 Å². The van der Waals surface area contributed by atoms with Crippen LogP contribution in [-0.4, -0.2) is 34.7 Å². The Morgan fingerprint density at radius 3 is 2.58 bits per heavy atom. The number of aromatic nitrogens is 3. The Morgan fingerprint density at radius 1 is 1.06 bits per heavy atom. The molecule has 0 unspecified atom stereocenters. The molecule has 0 atom stereocenters. The fourth-order valence-electron chi connectivity index (χ4n) is 3.57. The lowest BCUT2D eigenvalue weighted by Crippen LogP contribution is -2.25. The van der Waals surface area contributed by atoms with E-state index >= 15 is 0 Å². The minimum absolute atomic E-state index is 0.150. The molecule has 1 amide bonds. The maximum atomic E-state index is 13.3. The smallest absolute Gasteiger partial charge is 0.261 e. The van der Waals surface area contributed by atoms with Gasteiger partial charge in [0.15, 0.2) is 11.5 Å². The van der Waals surface area contributed by atoms with Crippen molar-refractivity contribution < 1.29 is 23.4 Å². The number of halogens is 1. The van der Waals surface area contributed by atoms with Crippen molar-refractivity contribution in [2.75, 3.05) is 14.2 Å². The lowest BCUT2D eigenvalue weighted by Gasteiger charge is -2.11. The number of carbonyl (C=O) groups is 1. The van der Waals surface area contributed by atoms with Gasteiger partial charge in [-0.15, -0.1) is 0 Å². The number of fused-ring (bicyclic) bond motifs is 1. The summed E-state index contributed by atoms with van der Waals surface area (Å²) in [6.45, 7) is 0.641. The highest BCUT2D eigenvalue weighted by atomic mass is 19.1. The number of benzene rings is 2. The third-order valence-electron chi connectivity index (χ3n) is 5.44. The first-order chi connectivity index (χ1) is 17.5. The van der Waals surface area contributed by atoms with Crippen molar-refractivity contribution in [3.63, 3.8) is 0 Å². The Labute approximate surface area is 206 Å². The van der Waals surface area contributed by atoms with E-state index < -0.39 is 5.82 Å². The molecule has 2 aromatic carbocycles. The summed E-state index contributed by atoms with van der Waals surface area (Å²) >= 11 is 0. The van der Waals surface area contributed by atoms with E-state index in [1.165, 1.54) is 37.2 Å². The van der Waals surface area contributed by atoms with E-state index in [0.29, 0.717) is 53.5 Å². The van der Waals surface area contributed by atoms with Crippen molar-refractivity contribution in [1.82, 2.24) is 19.9 Å². The molecule has 186 valence electrons. The van der Waals surface area contributed by atoms with Crippen LogP contribution in [0, 0.1) is 5.82 Å². The molecule has 0 spiro atoms. The van der Waals surface area contributed by atoms with Crippen LogP contribution >= 0.6 is 0 Å². The molecular formula is C26H25FN4O5. The molecule has 4 rings (SSSR count). The van der Waals surface area contributed by atoms with Crippen LogP contribution in [0.25, 0.3) is 10.9 Å². The van der Waals surface area contributed by atoms with Gasteiger partial charge in [-0.1, -0.05) is 12.1 Å². The van der Waals surface area contributed by atoms with Gasteiger partial charge in [-0.3, -0.25) is 14.2 Å². The fourth-order valence-corrected chi connectivity index (χ4v) is 3.57. The average molecular weight is 493 g/mol. The minimum atomic E-state index is -0.394. The fraction of sp³-hybridized carbons (Fsp3) is 0.231. The number of rotatable bonds is 10. The number of hydrogen-bond acceptors (Lipinski definition) is 7. The number of hydrogen-bond donors (Lipinski definition) is 1. The zero-order valence-corrected chi connectivity index (χ0v) is 19.9. The first kappa shape index (κ1) is 24.6. The second-order valence-electron chi connectivity index (χ2n) is 7.91. The molecule has 0 aliphatic heterocycles. The van der Waals surface area contributed by atoms with Crippen molar-refractivity contribution in [2.24, 2.45) is 0 Å². The van der Waals surface area contributed by atoms with Crippen LogP contribution in [0.15, 0.2) is 65.8 Å². The van der Waals surface area contributed by atoms with E-state index in [2.05, 4.69) is 15.3 Å². The van der Waals surface area contributed by atoms with E-state index in [1.54, 1.807) is 42.6 Å². The molecule has 0 saturated carbocycles. The molecule has 0 radical (unpaired) electrons. The molecule has 1 N–H and O–H groups in total. The van der Waals surface area contributed by atoms with Crippen molar-refractivity contribution in [1.29, 1.82) is 0 Å². The first-order valence-corrected chi connectivity index (χ1v) is 11.2. The largest absolute Gasteiger partial charge is 0.493 e. The van der Waals surface area contributed by atoms with Crippen LogP contribution in [-0.2, 0) is 17.9 Å². The molecule has 9 nitrogen and oxygen atoms in total. The zero-order chi connectivity index (χ0) is 25.5. The number of carbonyl (C=O) groups excluding carboxylic acids is 1. The highest BCUT2D eigenvalue weighted by molar-refractivity contribution is 5.81. The molecule has 0 aliphatic carbocycles. The van der Waals surface area contributed by atoms with E-state index in [-0.39, 0.29) is 17.9 Å². The van der Waals surface area contributed by atoms with Crippen LogP contribution in [0.4, 0.5) is 4.39 Å². The number of nitrogens with one attached hydrogen (secondary N) is 1. The second kappa shape index (κ2) is 11.3. The van der Waals surface area contributed by atoms with Gasteiger partial charge >= 0.3 is 0 Å². The SMILES string of the molecule is COc1cc2ncn(CCCC(=O)NCc3ccc(Oc4cccc(F)c4)nc3)c(=O)c2cc1OC. The van der Waals surface area contributed by atoms with Crippen LogP contribution in [0.3, 0.4) is 0 Å². The van der Waals surface area contributed by atoms with Gasteiger partial charge in [0.1, 0.15) is 11.6 Å². The topological polar surface area (TPSA) is 105 Å². The van der Waals surface area contributed by atoms with Gasteiger partial charge in [-0.2, -0.15) is 0 Å². The Bertz CT molecular complexity index is 1420. The molecule has 4 aromatic rings. The second-order valence-corrected chi connectivity index (χ2v) is 7.91. The van der Waals surface area contributed by atoms with Gasteiger partial charge in [-0.05, 0) is 30.2 Å². The number of amides is 1. The Balaban J connectivity index is 1.27. The van der Waals surface area contributed by atoms with E-state index in [4.69, 9.17) is 14.2 Å². The van der Waals surface area contributed by atoms with Crippen LogP contribution in [0.2, 0.25) is 0 Å². The molecule has 0 fully saturated rings. The normalized spacial score (nSPS) is 10.8. The zero-order valence-electron chi connectivity index (χ0n) is 19.9. The monoisotopic (exact) mass is 492 g/mol. The Morgan fingerprint density at radius 2 is 1.86 bits per heavy atom. The summed E-state index contributed by atoms with van der Waals surface area (Å²) in [6, 6.07) is 12.5. The van der Waals surface area contributed by atoms with Gasteiger partial charge in [0.2, 0.25) is 11.8 Å². The van der Waals surface area contributed by atoms with E-state index in [9.17, 15) is 14.0 Å². The highest BCUT2D eigenvalue weighted by Gasteiger charge is 2.11. The summed E-state index contributed by atoms with van der Waals surface area (Å²) in [7, 11) is 3.02. The number of aryl methyl sites for hydroxylation is 1. The van der Waals surface area contributed by atoms with Crippen molar-refractivity contribution in [3.05, 3.63) is 82.8 Å². The standard InChI is InChI=1S/C26H25FN4O5/c1-34-22-12-20-21(13-23(22)35-2)30-16-31(26(20)33)10-4-7-24(32)28-14-17-8-9-25(29-15-17)36-19-6-3-5-18(27)11-19/h3,5-6,8-9,11-13,15-16H,4,7,10,14H2,1-2H3,(H,28,32). The summed E-state index contributed by atoms with van der Waals surface area (Å²) in [5.74, 6) is 1.07. The number of nitrogens with zero attached hydrogens (tertiary/aromatic N) is 3. The maximum Gasteiger partial charge on any atom is 0.261 e. The third kappa shape index (κ3) is 5.96. The molecule has 2 heterocycles. The molecule has 0 bridgehead atoms. The summed E-state index contributed by atoms with van der Waals surface area (Å²) in [5.41, 5.74) is 1.08. The molecule has 36 heavy (non-hydrogen) atoms. The lowest BCUT2D eigenvalue weighted by atomic mass is 10.2. The van der Waals surface area contributed by atoms with Gasteiger partial charge in [-0.25, -0.2) is 14.4 Å². The van der Waals surface area contributed by atoms with Crippen molar-refractivity contribution >= 4 is 16.8 Å². The van der Waals surface area contributed by atoms with Crippen LogP contribution in [0.5, 0.6) is 23.1 Å². The summed E-state index contributed by atoms with van der Waals surface area (Å²) < 4.78 is 30.8. The summed E-state index contributed by atoms with van der Waals surface area (Å²) in [5, 5.41) is 3.24. The quantitative estimate of drug-likeness (QED) is 0.359. The number of ether oxygens (including phenoxy) is 3. The predicted octanol–water partition coefficient (Wildman–Crippen LogP) is 3.84.